The molecule has 0 saturated carbocycles. The smallest absolute Gasteiger partial charge is 0.308 e. The van der Waals surface area contributed by atoms with Gasteiger partial charge in [-0.25, -0.2) is 0 Å². The fourth-order valence-corrected chi connectivity index (χ4v) is 3.45. The number of carboxylic acid groups (broad SMARTS) is 1. The van der Waals surface area contributed by atoms with Gasteiger partial charge < -0.3 is 15.3 Å². The van der Waals surface area contributed by atoms with Crippen molar-refractivity contribution in [3.8, 4) is 0 Å². The molecule has 1 aromatic heterocycles. The van der Waals surface area contributed by atoms with Gasteiger partial charge in [0.2, 0.25) is 5.91 Å². The highest BCUT2D eigenvalue weighted by molar-refractivity contribution is 6.05. The van der Waals surface area contributed by atoms with Crippen LogP contribution in [0.5, 0.6) is 0 Å². The Labute approximate surface area is 150 Å². The number of H-pyrrole nitrogens is 1. The number of hydrogen-bond donors (Lipinski definition) is 3. The molecule has 1 saturated heterocycles. The molecule has 0 aliphatic carbocycles. The summed E-state index contributed by atoms with van der Waals surface area (Å²) in [7, 11) is 0. The lowest BCUT2D eigenvalue weighted by molar-refractivity contribution is -0.147. The molecule has 1 aliphatic rings. The summed E-state index contributed by atoms with van der Waals surface area (Å²) in [6.07, 6.45) is 0.555. The number of benzene rings is 1. The number of aromatic amines is 1. The Morgan fingerprint density at radius 2 is 2.04 bits per heavy atom. The standard InChI is InChI=1S/C18H22N4O4/c1-10-7-12(18(25)26)9-22(8-10)17(24)11(2)19-16(23)15-13-5-3-4-6-14(13)20-21-15/h3-6,10-12H,7-9H2,1-2H3,(H,19,23)(H,20,21)(H,25,26). The Morgan fingerprint density at radius 3 is 2.77 bits per heavy atom. The van der Waals surface area contributed by atoms with Crippen LogP contribution in [0.15, 0.2) is 24.3 Å². The topological polar surface area (TPSA) is 115 Å². The number of carbonyl (C=O) groups is 3. The van der Waals surface area contributed by atoms with Gasteiger partial charge in [-0.05, 0) is 25.3 Å². The number of amides is 2. The molecular formula is C18H22N4O4. The molecule has 0 bridgehead atoms. The van der Waals surface area contributed by atoms with Gasteiger partial charge in [0.05, 0.1) is 11.4 Å². The Hall–Kier alpha value is -2.90. The van der Waals surface area contributed by atoms with Gasteiger partial charge in [0.1, 0.15) is 6.04 Å². The molecule has 2 amide bonds. The third-order valence-corrected chi connectivity index (χ3v) is 4.72. The molecule has 1 aliphatic heterocycles. The van der Waals surface area contributed by atoms with E-state index in [1.165, 1.54) is 4.90 Å². The number of rotatable bonds is 4. The number of para-hydroxylation sites is 1. The zero-order chi connectivity index (χ0) is 18.8. The largest absolute Gasteiger partial charge is 0.481 e. The van der Waals surface area contributed by atoms with E-state index in [2.05, 4.69) is 15.5 Å². The Bertz CT molecular complexity index is 847. The minimum Gasteiger partial charge on any atom is -0.481 e. The van der Waals surface area contributed by atoms with Crippen LogP contribution in [0.3, 0.4) is 0 Å². The van der Waals surface area contributed by atoms with Crippen molar-refractivity contribution in [1.29, 1.82) is 0 Å². The van der Waals surface area contributed by atoms with Crippen LogP contribution in [0, 0.1) is 11.8 Å². The lowest BCUT2D eigenvalue weighted by Gasteiger charge is -2.36. The first kappa shape index (κ1) is 17.9. The van der Waals surface area contributed by atoms with Gasteiger partial charge in [0.15, 0.2) is 5.69 Å². The second-order valence-electron chi connectivity index (χ2n) is 6.93. The third kappa shape index (κ3) is 3.54. The molecular weight excluding hydrogens is 336 g/mol. The first-order valence-electron chi connectivity index (χ1n) is 8.62. The fraction of sp³-hybridized carbons (Fsp3) is 0.444. The lowest BCUT2D eigenvalue weighted by Crippen LogP contribution is -2.52. The number of nitrogens with zero attached hydrogens (tertiary/aromatic N) is 2. The Morgan fingerprint density at radius 1 is 1.31 bits per heavy atom. The number of nitrogens with one attached hydrogen (secondary N) is 2. The molecule has 3 atom stereocenters. The maximum atomic E-state index is 12.7. The van der Waals surface area contributed by atoms with Crippen LogP contribution in [-0.2, 0) is 9.59 Å². The summed E-state index contributed by atoms with van der Waals surface area (Å²) in [5.74, 6) is -2.08. The van der Waals surface area contributed by atoms with Crippen molar-refractivity contribution >= 4 is 28.7 Å². The SMILES string of the molecule is CC1CC(C(=O)O)CN(C(=O)C(C)NC(=O)c2n[nH]c3ccccc23)C1. The summed E-state index contributed by atoms with van der Waals surface area (Å²) < 4.78 is 0. The van der Waals surface area contributed by atoms with E-state index >= 15 is 0 Å². The average Bonchev–Trinajstić information content (AvgIpc) is 3.04. The van der Waals surface area contributed by atoms with Gasteiger partial charge in [-0.3, -0.25) is 19.5 Å². The highest BCUT2D eigenvalue weighted by Gasteiger charge is 2.34. The summed E-state index contributed by atoms with van der Waals surface area (Å²) >= 11 is 0. The van der Waals surface area contributed by atoms with Crippen molar-refractivity contribution in [2.24, 2.45) is 11.8 Å². The van der Waals surface area contributed by atoms with Gasteiger partial charge in [-0.15, -0.1) is 0 Å². The van der Waals surface area contributed by atoms with Gasteiger partial charge in [0.25, 0.3) is 5.91 Å². The molecule has 1 fully saturated rings. The monoisotopic (exact) mass is 358 g/mol. The molecule has 3 unspecified atom stereocenters. The minimum atomic E-state index is -0.894. The fourth-order valence-electron chi connectivity index (χ4n) is 3.45. The predicted octanol–water partition coefficient (Wildman–Crippen LogP) is 1.25. The normalized spacial score (nSPS) is 21.4. The van der Waals surface area contributed by atoms with Crippen molar-refractivity contribution in [1.82, 2.24) is 20.4 Å². The van der Waals surface area contributed by atoms with E-state index < -0.39 is 23.8 Å². The van der Waals surface area contributed by atoms with Crippen LogP contribution in [0.1, 0.15) is 30.8 Å². The number of piperidine rings is 1. The zero-order valence-electron chi connectivity index (χ0n) is 14.7. The molecule has 8 heteroatoms. The number of likely N-dealkylation sites (tertiary alicyclic amines) is 1. The van der Waals surface area contributed by atoms with E-state index in [0.29, 0.717) is 18.4 Å². The van der Waals surface area contributed by atoms with E-state index in [4.69, 9.17) is 0 Å². The predicted molar refractivity (Wildman–Crippen MR) is 94.5 cm³/mol. The maximum Gasteiger partial charge on any atom is 0.308 e. The Balaban J connectivity index is 1.69. The number of aliphatic carboxylic acids is 1. The number of fused-ring (bicyclic) bond motifs is 1. The molecule has 26 heavy (non-hydrogen) atoms. The first-order chi connectivity index (χ1) is 12.4. The summed E-state index contributed by atoms with van der Waals surface area (Å²) in [5, 5.41) is 19.4. The lowest BCUT2D eigenvalue weighted by atomic mass is 9.90. The second kappa shape index (κ2) is 7.15. The van der Waals surface area contributed by atoms with Crippen LogP contribution >= 0.6 is 0 Å². The second-order valence-corrected chi connectivity index (χ2v) is 6.93. The van der Waals surface area contributed by atoms with E-state index in [1.807, 2.05) is 25.1 Å². The molecule has 138 valence electrons. The number of carbonyl (C=O) groups excluding carboxylic acids is 2. The van der Waals surface area contributed by atoms with E-state index in [9.17, 15) is 19.5 Å². The highest BCUT2D eigenvalue weighted by Crippen LogP contribution is 2.22. The number of aromatic nitrogens is 2. The number of carboxylic acids is 1. The van der Waals surface area contributed by atoms with E-state index in [-0.39, 0.29) is 24.1 Å². The van der Waals surface area contributed by atoms with Crippen molar-refractivity contribution in [2.45, 2.75) is 26.3 Å². The van der Waals surface area contributed by atoms with Crippen LogP contribution in [-0.4, -0.2) is 57.1 Å². The Kier molecular flexibility index (Phi) is 4.92. The molecule has 3 rings (SSSR count). The quantitative estimate of drug-likeness (QED) is 0.761. The van der Waals surface area contributed by atoms with Crippen molar-refractivity contribution in [2.75, 3.05) is 13.1 Å². The molecule has 2 aromatic rings. The van der Waals surface area contributed by atoms with E-state index in [0.717, 1.165) is 5.52 Å². The van der Waals surface area contributed by atoms with Gasteiger partial charge >= 0.3 is 5.97 Å². The highest BCUT2D eigenvalue weighted by atomic mass is 16.4. The van der Waals surface area contributed by atoms with Crippen molar-refractivity contribution in [3.05, 3.63) is 30.0 Å². The molecule has 3 N–H and O–H groups in total. The summed E-state index contributed by atoms with van der Waals surface area (Å²) in [5.41, 5.74) is 0.974. The maximum absolute atomic E-state index is 12.7. The third-order valence-electron chi connectivity index (χ3n) is 4.72. The molecule has 0 radical (unpaired) electrons. The molecule has 2 heterocycles. The first-order valence-corrected chi connectivity index (χ1v) is 8.62. The average molecular weight is 358 g/mol. The van der Waals surface area contributed by atoms with Gasteiger partial charge in [-0.1, -0.05) is 25.1 Å². The van der Waals surface area contributed by atoms with Crippen molar-refractivity contribution < 1.29 is 19.5 Å². The van der Waals surface area contributed by atoms with Crippen LogP contribution in [0.2, 0.25) is 0 Å². The number of hydrogen-bond acceptors (Lipinski definition) is 4. The molecule has 0 spiro atoms. The van der Waals surface area contributed by atoms with Crippen molar-refractivity contribution in [3.63, 3.8) is 0 Å². The van der Waals surface area contributed by atoms with Gasteiger partial charge in [0, 0.05) is 18.5 Å². The summed E-state index contributed by atoms with van der Waals surface area (Å²) in [6, 6.07) is 6.48. The molecule has 1 aromatic carbocycles. The zero-order valence-corrected chi connectivity index (χ0v) is 14.7. The molecule has 8 nitrogen and oxygen atoms in total. The minimum absolute atomic E-state index is 0.104. The van der Waals surface area contributed by atoms with Crippen LogP contribution in [0.25, 0.3) is 10.9 Å². The van der Waals surface area contributed by atoms with E-state index in [1.54, 1.807) is 13.0 Å². The van der Waals surface area contributed by atoms with Crippen LogP contribution < -0.4 is 5.32 Å². The van der Waals surface area contributed by atoms with Gasteiger partial charge in [-0.2, -0.15) is 5.10 Å². The summed E-state index contributed by atoms with van der Waals surface area (Å²) in [4.78, 5) is 38.0. The summed E-state index contributed by atoms with van der Waals surface area (Å²) in [6.45, 7) is 4.19. The van der Waals surface area contributed by atoms with Crippen LogP contribution in [0.4, 0.5) is 0 Å².